The van der Waals surface area contributed by atoms with Crippen LogP contribution in [0.3, 0.4) is 0 Å². The third-order valence-electron chi connectivity index (χ3n) is 9.06. The van der Waals surface area contributed by atoms with Gasteiger partial charge in [-0.15, -0.1) is 0 Å². The van der Waals surface area contributed by atoms with Crippen molar-refractivity contribution in [2.24, 2.45) is 71.0 Å². The molecule has 92 valence electrons. The van der Waals surface area contributed by atoms with Gasteiger partial charge in [0.05, 0.1) is 0 Å². The second-order valence-corrected chi connectivity index (χ2v) is 8.46. The van der Waals surface area contributed by atoms with E-state index in [0.29, 0.717) is 0 Å². The summed E-state index contributed by atoms with van der Waals surface area (Å²) in [6, 6.07) is 0. The first-order chi connectivity index (χ1) is 8.34. The molecule has 0 amide bonds. The fourth-order valence-corrected chi connectivity index (χ4v) is 8.58. The Morgan fingerprint density at radius 3 is 1.76 bits per heavy atom. The summed E-state index contributed by atoms with van der Waals surface area (Å²) in [5.41, 5.74) is 0. The van der Waals surface area contributed by atoms with Crippen LogP contribution in [-0.2, 0) is 0 Å². The Morgan fingerprint density at radius 2 is 1.24 bits per heavy atom. The highest BCUT2D eigenvalue weighted by Gasteiger charge is 2.84. The van der Waals surface area contributed by atoms with Crippen molar-refractivity contribution in [3.8, 4) is 0 Å². The first-order valence-corrected chi connectivity index (χ1v) is 8.34. The van der Waals surface area contributed by atoms with Crippen molar-refractivity contribution in [1.82, 2.24) is 0 Å². The highest BCUT2D eigenvalue weighted by molar-refractivity contribution is 5.31. The molecule has 0 nitrogen and oxygen atoms in total. The smallest absolute Gasteiger partial charge is 0.0312 e. The van der Waals surface area contributed by atoms with Crippen LogP contribution in [0.25, 0.3) is 0 Å². The Hall–Kier alpha value is 0. The average Bonchev–Trinajstić information content (AvgIpc) is 2.27. The molecule has 0 spiro atoms. The van der Waals surface area contributed by atoms with Gasteiger partial charge in [0.1, 0.15) is 0 Å². The summed E-state index contributed by atoms with van der Waals surface area (Å²) in [5.74, 6) is 14.8. The molecule has 6 saturated carbocycles. The summed E-state index contributed by atoms with van der Waals surface area (Å²) in [7, 11) is 0. The van der Waals surface area contributed by atoms with Gasteiger partial charge in [0.25, 0.3) is 0 Å². The minimum absolute atomic E-state index is 1.10. The van der Waals surface area contributed by atoms with Crippen molar-refractivity contribution >= 4 is 0 Å². The fraction of sp³-hybridized carbons (Fsp3) is 1.00. The lowest BCUT2D eigenvalue weighted by atomic mass is 9.15. The number of fused-ring (bicyclic) bond motifs is 13. The summed E-state index contributed by atoms with van der Waals surface area (Å²) in [4.78, 5) is 0. The molecule has 6 rings (SSSR count). The molecule has 12 unspecified atom stereocenters. The number of hydrogen-bond acceptors (Lipinski definition) is 0. The Bertz CT molecular complexity index is 406. The van der Waals surface area contributed by atoms with Gasteiger partial charge >= 0.3 is 0 Å². The van der Waals surface area contributed by atoms with Gasteiger partial charge in [0.2, 0.25) is 0 Å². The Kier molecular flexibility index (Phi) is 1.25. The van der Waals surface area contributed by atoms with Gasteiger partial charge < -0.3 is 0 Å². The predicted molar refractivity (Wildman–Crippen MR) is 67.1 cm³/mol. The van der Waals surface area contributed by atoms with Crippen LogP contribution in [0.1, 0.15) is 33.1 Å². The SMILES string of the molecule is CCC1C(C)C2C1C1C2C2C3C4CCC4C3C12. The van der Waals surface area contributed by atoms with Crippen LogP contribution in [-0.4, -0.2) is 0 Å². The quantitative estimate of drug-likeness (QED) is 0.601. The molecule has 0 radical (unpaired) electrons. The second-order valence-electron chi connectivity index (χ2n) is 8.46. The normalized spacial score (nSPS) is 80.1. The van der Waals surface area contributed by atoms with Crippen LogP contribution in [0.15, 0.2) is 0 Å². The summed E-state index contributed by atoms with van der Waals surface area (Å²) < 4.78 is 0. The third kappa shape index (κ3) is 0.622. The second kappa shape index (κ2) is 2.37. The third-order valence-corrected chi connectivity index (χ3v) is 9.06. The zero-order valence-corrected chi connectivity index (χ0v) is 11.0. The topological polar surface area (TPSA) is 0 Å². The minimum Gasteiger partial charge on any atom is -0.0651 e. The Morgan fingerprint density at radius 1 is 0.706 bits per heavy atom. The molecule has 6 fully saturated rings. The van der Waals surface area contributed by atoms with Crippen molar-refractivity contribution in [1.29, 1.82) is 0 Å². The molecule has 0 aromatic rings. The van der Waals surface area contributed by atoms with Gasteiger partial charge in [-0.25, -0.2) is 0 Å². The van der Waals surface area contributed by atoms with Crippen molar-refractivity contribution < 1.29 is 0 Å². The van der Waals surface area contributed by atoms with Crippen LogP contribution in [0.4, 0.5) is 0 Å². The van der Waals surface area contributed by atoms with Gasteiger partial charge in [-0.3, -0.25) is 0 Å². The summed E-state index contributed by atoms with van der Waals surface area (Å²) >= 11 is 0. The first-order valence-electron chi connectivity index (χ1n) is 8.34. The van der Waals surface area contributed by atoms with E-state index in [2.05, 4.69) is 13.8 Å². The number of rotatable bonds is 1. The molecule has 6 aliphatic rings. The van der Waals surface area contributed by atoms with E-state index in [1.807, 2.05) is 0 Å². The van der Waals surface area contributed by atoms with Crippen LogP contribution in [0, 0.1) is 71.0 Å². The molecule has 0 aliphatic heterocycles. The lowest BCUT2D eigenvalue weighted by Gasteiger charge is -2.90. The Balaban J connectivity index is 1.31. The molecule has 17 heavy (non-hydrogen) atoms. The first kappa shape index (κ1) is 8.99. The van der Waals surface area contributed by atoms with Crippen molar-refractivity contribution in [2.75, 3.05) is 0 Å². The standard InChI is InChI=1S/C17H24/c1-3-7-6(2)10-11(7)15-14(10)16-12-8-4-5-9(8)13(12)17(15)16/h6-17H,3-5H2,1-2H3. The van der Waals surface area contributed by atoms with Crippen LogP contribution < -0.4 is 0 Å². The zero-order chi connectivity index (χ0) is 11.0. The van der Waals surface area contributed by atoms with Gasteiger partial charge in [-0.05, 0) is 83.9 Å². The molecule has 0 heterocycles. The molecule has 0 N–H and O–H groups in total. The van der Waals surface area contributed by atoms with Crippen LogP contribution in [0.2, 0.25) is 0 Å². The van der Waals surface area contributed by atoms with E-state index in [4.69, 9.17) is 0 Å². The van der Waals surface area contributed by atoms with Crippen molar-refractivity contribution in [3.63, 3.8) is 0 Å². The molecule has 0 aromatic carbocycles. The molecule has 0 heteroatoms. The molecule has 12 atom stereocenters. The highest BCUT2D eigenvalue weighted by atomic mass is 14.9. The van der Waals surface area contributed by atoms with E-state index in [-0.39, 0.29) is 0 Å². The van der Waals surface area contributed by atoms with Gasteiger partial charge in [-0.2, -0.15) is 0 Å². The van der Waals surface area contributed by atoms with Crippen molar-refractivity contribution in [2.45, 2.75) is 33.1 Å². The van der Waals surface area contributed by atoms with E-state index in [0.717, 1.165) is 11.8 Å². The molecule has 6 aliphatic carbocycles. The predicted octanol–water partition coefficient (Wildman–Crippen LogP) is 3.67. The largest absolute Gasteiger partial charge is 0.0651 e. The van der Waals surface area contributed by atoms with E-state index < -0.39 is 0 Å². The number of hydrogen-bond donors (Lipinski definition) is 0. The van der Waals surface area contributed by atoms with E-state index in [9.17, 15) is 0 Å². The fourth-order valence-electron chi connectivity index (χ4n) is 8.58. The van der Waals surface area contributed by atoms with Crippen LogP contribution >= 0.6 is 0 Å². The minimum atomic E-state index is 1.10. The molecular weight excluding hydrogens is 204 g/mol. The van der Waals surface area contributed by atoms with Gasteiger partial charge in [-0.1, -0.05) is 20.3 Å². The van der Waals surface area contributed by atoms with E-state index in [1.165, 1.54) is 65.6 Å². The maximum Gasteiger partial charge on any atom is -0.0312 e. The lowest BCUT2D eigenvalue weighted by Crippen LogP contribution is -2.86. The zero-order valence-electron chi connectivity index (χ0n) is 11.0. The van der Waals surface area contributed by atoms with Gasteiger partial charge in [0, 0.05) is 0 Å². The maximum atomic E-state index is 2.57. The summed E-state index contributed by atoms with van der Waals surface area (Å²) in [5, 5.41) is 0. The van der Waals surface area contributed by atoms with Crippen molar-refractivity contribution in [3.05, 3.63) is 0 Å². The Labute approximate surface area is 105 Å². The van der Waals surface area contributed by atoms with E-state index >= 15 is 0 Å². The van der Waals surface area contributed by atoms with Crippen LogP contribution in [0.5, 0.6) is 0 Å². The van der Waals surface area contributed by atoms with E-state index in [1.54, 1.807) is 12.8 Å². The summed E-state index contributed by atoms with van der Waals surface area (Å²) in [6.45, 7) is 5.01. The monoisotopic (exact) mass is 228 g/mol. The average molecular weight is 228 g/mol. The molecular formula is C17H24. The molecule has 0 aromatic heterocycles. The van der Waals surface area contributed by atoms with Gasteiger partial charge in [0.15, 0.2) is 0 Å². The summed E-state index contributed by atoms with van der Waals surface area (Å²) in [6.07, 6.45) is 4.71. The lowest BCUT2D eigenvalue weighted by molar-refractivity contribution is -0.429. The molecule has 0 bridgehead atoms. The highest BCUT2D eigenvalue weighted by Crippen LogP contribution is 2.88. The molecule has 0 saturated heterocycles. The maximum absolute atomic E-state index is 2.57.